The monoisotopic (exact) mass is 239 g/mol. The molecule has 0 saturated heterocycles. The number of halogens is 1. The van der Waals surface area contributed by atoms with Gasteiger partial charge in [0.1, 0.15) is 5.75 Å². The topological polar surface area (TPSA) is 38.3 Å². The molecule has 0 aliphatic rings. The normalized spacial score (nSPS) is 9.62. The zero-order valence-corrected chi connectivity index (χ0v) is 9.88. The van der Waals surface area contributed by atoms with E-state index in [0.717, 1.165) is 5.75 Å². The fraction of sp³-hybridized carbons (Fsp3) is 0.250. The number of hydrogen-bond acceptors (Lipinski definition) is 2. The fourth-order valence-electron chi connectivity index (χ4n) is 1.15. The van der Waals surface area contributed by atoms with E-state index in [1.54, 1.807) is 24.3 Å². The molecule has 86 valence electrons. The quantitative estimate of drug-likeness (QED) is 0.858. The van der Waals surface area contributed by atoms with Gasteiger partial charge >= 0.3 is 0 Å². The first-order chi connectivity index (χ1) is 7.63. The highest BCUT2D eigenvalue weighted by molar-refractivity contribution is 6.29. The maximum atomic E-state index is 11.6. The number of carbonyl (C=O) groups is 1. The number of rotatable bonds is 5. The maximum Gasteiger partial charge on any atom is 0.251 e. The Morgan fingerprint density at radius 1 is 1.44 bits per heavy atom. The van der Waals surface area contributed by atoms with Crippen LogP contribution < -0.4 is 10.1 Å². The molecule has 1 amide bonds. The maximum absolute atomic E-state index is 11.6. The van der Waals surface area contributed by atoms with Crippen molar-refractivity contribution in [2.75, 3.05) is 13.2 Å². The van der Waals surface area contributed by atoms with Crippen LogP contribution in [0.25, 0.3) is 0 Å². The van der Waals surface area contributed by atoms with Crippen LogP contribution in [0.2, 0.25) is 0 Å². The number of hydrogen-bond donors (Lipinski definition) is 1. The lowest BCUT2D eigenvalue weighted by molar-refractivity contribution is 0.0957. The van der Waals surface area contributed by atoms with E-state index in [-0.39, 0.29) is 12.5 Å². The Kier molecular flexibility index (Phi) is 4.86. The van der Waals surface area contributed by atoms with Crippen LogP contribution in [-0.2, 0) is 0 Å². The van der Waals surface area contributed by atoms with E-state index >= 15 is 0 Å². The summed E-state index contributed by atoms with van der Waals surface area (Å²) in [7, 11) is 0. The van der Waals surface area contributed by atoms with E-state index in [0.29, 0.717) is 17.2 Å². The van der Waals surface area contributed by atoms with Crippen molar-refractivity contribution in [3.8, 4) is 5.75 Å². The standard InChI is InChI=1S/C12H14ClNO2/c1-3-16-11-6-4-10(5-7-11)12(15)14-8-9(2)13/h4-7H,2-3,8H2,1H3,(H,14,15). The minimum atomic E-state index is -0.176. The summed E-state index contributed by atoms with van der Waals surface area (Å²) in [6.07, 6.45) is 0. The van der Waals surface area contributed by atoms with Gasteiger partial charge in [-0.25, -0.2) is 0 Å². The van der Waals surface area contributed by atoms with Crippen molar-refractivity contribution in [2.24, 2.45) is 0 Å². The molecule has 1 rings (SSSR count). The minimum Gasteiger partial charge on any atom is -0.494 e. The Balaban J connectivity index is 2.59. The third-order valence-electron chi connectivity index (χ3n) is 1.87. The molecule has 0 spiro atoms. The molecule has 0 aromatic heterocycles. The van der Waals surface area contributed by atoms with E-state index in [1.165, 1.54) is 0 Å². The number of benzene rings is 1. The lowest BCUT2D eigenvalue weighted by Crippen LogP contribution is -2.24. The average molecular weight is 240 g/mol. The summed E-state index contributed by atoms with van der Waals surface area (Å²) in [5.74, 6) is 0.575. The lowest BCUT2D eigenvalue weighted by atomic mass is 10.2. The Hall–Kier alpha value is -1.48. The molecule has 0 atom stereocenters. The summed E-state index contributed by atoms with van der Waals surface area (Å²) in [6.45, 7) is 6.28. The molecule has 0 fully saturated rings. The predicted molar refractivity (Wildman–Crippen MR) is 64.9 cm³/mol. The van der Waals surface area contributed by atoms with Gasteiger partial charge in [-0.3, -0.25) is 4.79 Å². The molecule has 0 aliphatic heterocycles. The number of amides is 1. The van der Waals surface area contributed by atoms with Crippen molar-refractivity contribution in [1.82, 2.24) is 5.32 Å². The van der Waals surface area contributed by atoms with E-state index in [2.05, 4.69) is 11.9 Å². The Morgan fingerprint density at radius 2 is 2.06 bits per heavy atom. The summed E-state index contributed by atoms with van der Waals surface area (Å²) < 4.78 is 5.27. The van der Waals surface area contributed by atoms with Crippen molar-refractivity contribution in [1.29, 1.82) is 0 Å². The first-order valence-corrected chi connectivity index (χ1v) is 5.35. The minimum absolute atomic E-state index is 0.176. The second-order valence-corrected chi connectivity index (χ2v) is 3.69. The van der Waals surface area contributed by atoms with Crippen molar-refractivity contribution < 1.29 is 9.53 Å². The van der Waals surface area contributed by atoms with Gasteiger partial charge < -0.3 is 10.1 Å². The zero-order chi connectivity index (χ0) is 12.0. The van der Waals surface area contributed by atoms with Gasteiger partial charge in [-0.05, 0) is 31.2 Å². The van der Waals surface area contributed by atoms with Crippen LogP contribution in [0, 0.1) is 0 Å². The molecule has 1 aromatic carbocycles. The van der Waals surface area contributed by atoms with Crippen LogP contribution in [0.5, 0.6) is 5.75 Å². The van der Waals surface area contributed by atoms with Crippen LogP contribution in [-0.4, -0.2) is 19.1 Å². The van der Waals surface area contributed by atoms with Crippen LogP contribution in [0.15, 0.2) is 35.9 Å². The molecule has 1 N–H and O–H groups in total. The third kappa shape index (κ3) is 3.95. The molecular weight excluding hydrogens is 226 g/mol. The molecular formula is C12H14ClNO2. The summed E-state index contributed by atoms with van der Waals surface area (Å²) in [4.78, 5) is 11.6. The van der Waals surface area contributed by atoms with Crippen LogP contribution in [0.4, 0.5) is 0 Å². The van der Waals surface area contributed by atoms with Crippen molar-refractivity contribution in [3.05, 3.63) is 41.4 Å². The van der Waals surface area contributed by atoms with Gasteiger partial charge in [0.15, 0.2) is 0 Å². The second kappa shape index (κ2) is 6.18. The molecule has 0 radical (unpaired) electrons. The van der Waals surface area contributed by atoms with E-state index in [9.17, 15) is 4.79 Å². The summed E-state index contributed by atoms with van der Waals surface area (Å²) in [5.41, 5.74) is 0.571. The summed E-state index contributed by atoms with van der Waals surface area (Å²) in [5, 5.41) is 3.04. The van der Waals surface area contributed by atoms with Gasteiger partial charge in [0.2, 0.25) is 0 Å². The SMILES string of the molecule is C=C(Cl)CNC(=O)c1ccc(OCC)cc1. The van der Waals surface area contributed by atoms with Crippen molar-refractivity contribution >= 4 is 17.5 Å². The van der Waals surface area contributed by atoms with Gasteiger partial charge in [-0.15, -0.1) is 0 Å². The number of carbonyl (C=O) groups excluding carboxylic acids is 1. The van der Waals surface area contributed by atoms with Crippen molar-refractivity contribution in [2.45, 2.75) is 6.92 Å². The number of nitrogens with one attached hydrogen (secondary N) is 1. The van der Waals surface area contributed by atoms with Gasteiger partial charge in [-0.2, -0.15) is 0 Å². The molecule has 4 heteroatoms. The Labute approximate surface area is 100 Å². The van der Waals surface area contributed by atoms with Crippen LogP contribution in [0.1, 0.15) is 17.3 Å². The van der Waals surface area contributed by atoms with Gasteiger partial charge in [0.05, 0.1) is 13.2 Å². The second-order valence-electron chi connectivity index (χ2n) is 3.16. The Bertz CT molecular complexity index is 373. The molecule has 0 heterocycles. The Morgan fingerprint density at radius 3 is 2.56 bits per heavy atom. The number of ether oxygens (including phenoxy) is 1. The predicted octanol–water partition coefficient (Wildman–Crippen LogP) is 2.57. The van der Waals surface area contributed by atoms with Crippen LogP contribution in [0.3, 0.4) is 0 Å². The van der Waals surface area contributed by atoms with Gasteiger partial charge in [-0.1, -0.05) is 18.2 Å². The molecule has 0 saturated carbocycles. The fourth-order valence-corrected chi connectivity index (χ4v) is 1.21. The molecule has 0 unspecified atom stereocenters. The first kappa shape index (κ1) is 12.6. The third-order valence-corrected chi connectivity index (χ3v) is 2.00. The lowest BCUT2D eigenvalue weighted by Gasteiger charge is -2.05. The van der Waals surface area contributed by atoms with Gasteiger partial charge in [0.25, 0.3) is 5.91 Å². The highest BCUT2D eigenvalue weighted by Crippen LogP contribution is 2.11. The first-order valence-electron chi connectivity index (χ1n) is 4.98. The molecule has 3 nitrogen and oxygen atoms in total. The van der Waals surface area contributed by atoms with E-state index in [1.807, 2.05) is 6.92 Å². The molecule has 16 heavy (non-hydrogen) atoms. The summed E-state index contributed by atoms with van der Waals surface area (Å²) >= 11 is 5.55. The highest BCUT2D eigenvalue weighted by Gasteiger charge is 2.04. The van der Waals surface area contributed by atoms with Gasteiger partial charge in [0, 0.05) is 10.6 Å². The molecule has 0 aliphatic carbocycles. The van der Waals surface area contributed by atoms with E-state index in [4.69, 9.17) is 16.3 Å². The van der Waals surface area contributed by atoms with Crippen LogP contribution >= 0.6 is 11.6 Å². The van der Waals surface area contributed by atoms with Crippen molar-refractivity contribution in [3.63, 3.8) is 0 Å². The highest BCUT2D eigenvalue weighted by atomic mass is 35.5. The summed E-state index contributed by atoms with van der Waals surface area (Å²) in [6, 6.07) is 6.93. The smallest absolute Gasteiger partial charge is 0.251 e. The molecule has 1 aromatic rings. The largest absolute Gasteiger partial charge is 0.494 e. The average Bonchev–Trinajstić information content (AvgIpc) is 2.27. The zero-order valence-electron chi connectivity index (χ0n) is 9.13. The molecule has 0 bridgehead atoms. The van der Waals surface area contributed by atoms with E-state index < -0.39 is 0 Å².